The van der Waals surface area contributed by atoms with Gasteiger partial charge in [0.15, 0.2) is 0 Å². The lowest BCUT2D eigenvalue weighted by molar-refractivity contribution is -0.145. The summed E-state index contributed by atoms with van der Waals surface area (Å²) in [6.07, 6.45) is 6.50. The molecule has 0 saturated carbocycles. The van der Waals surface area contributed by atoms with E-state index < -0.39 is 29.8 Å². The molecule has 12 nitrogen and oxygen atoms in total. The molecule has 2 unspecified atom stereocenters. The van der Waals surface area contributed by atoms with Gasteiger partial charge in [-0.05, 0) is 78.9 Å². The number of aromatic nitrogens is 2. The van der Waals surface area contributed by atoms with E-state index in [4.69, 9.17) is 26.8 Å². The molecule has 3 heterocycles. The monoisotopic (exact) mass is 806 g/mol. The van der Waals surface area contributed by atoms with Crippen molar-refractivity contribution in [3.8, 4) is 22.6 Å². The van der Waals surface area contributed by atoms with Gasteiger partial charge < -0.3 is 20.1 Å². The number of rotatable bonds is 13. The Balaban J connectivity index is 0.00000279. The van der Waals surface area contributed by atoms with E-state index in [-0.39, 0.29) is 35.4 Å². The van der Waals surface area contributed by atoms with Crippen LogP contribution in [0.15, 0.2) is 102 Å². The Kier molecular flexibility index (Phi) is 13.3. The minimum Gasteiger partial charge on any atom is -0.488 e. The number of amides is 3. The van der Waals surface area contributed by atoms with E-state index in [0.29, 0.717) is 47.8 Å². The third-order valence-corrected chi connectivity index (χ3v) is 10.1. The second-order valence-corrected chi connectivity index (χ2v) is 13.9. The first-order chi connectivity index (χ1) is 28.1. The number of hydrogen-bond donors (Lipinski definition) is 1. The van der Waals surface area contributed by atoms with Crippen LogP contribution in [0.25, 0.3) is 16.8 Å². The fourth-order valence-electron chi connectivity index (χ4n) is 7.02. The van der Waals surface area contributed by atoms with Crippen LogP contribution in [-0.2, 0) is 9.53 Å². The van der Waals surface area contributed by atoms with Crippen molar-refractivity contribution in [3.63, 3.8) is 0 Å². The van der Waals surface area contributed by atoms with Crippen molar-refractivity contribution in [2.24, 2.45) is 4.99 Å². The highest BCUT2D eigenvalue weighted by Crippen LogP contribution is 2.32. The SMILES string of the molecule is CC.COC(=O)C1CC(Oc2cccc(-c3cccc(N)c3C=NCCCCCN3C(=O)c4ccccc4C3=O)c2)CN1C(=O)c1cnn(-c2ccc(F)cc2Cl)c1. The smallest absolute Gasteiger partial charge is 0.328 e. The number of anilines is 1. The van der Waals surface area contributed by atoms with E-state index in [2.05, 4.69) is 10.1 Å². The number of benzene rings is 4. The second-order valence-electron chi connectivity index (χ2n) is 13.5. The van der Waals surface area contributed by atoms with Gasteiger partial charge in [0, 0.05) is 43.2 Å². The van der Waals surface area contributed by atoms with Crippen LogP contribution in [0.4, 0.5) is 10.1 Å². The molecule has 58 heavy (non-hydrogen) atoms. The van der Waals surface area contributed by atoms with Gasteiger partial charge >= 0.3 is 5.97 Å². The second kappa shape index (κ2) is 18.7. The van der Waals surface area contributed by atoms with Crippen LogP contribution in [0.1, 0.15) is 76.2 Å². The fourth-order valence-corrected chi connectivity index (χ4v) is 7.27. The summed E-state index contributed by atoms with van der Waals surface area (Å²) < 4.78 is 26.4. The Morgan fingerprint density at radius 2 is 1.67 bits per heavy atom. The maximum Gasteiger partial charge on any atom is 0.328 e. The summed E-state index contributed by atoms with van der Waals surface area (Å²) >= 11 is 6.20. The molecule has 4 aromatic carbocycles. The summed E-state index contributed by atoms with van der Waals surface area (Å²) in [6.45, 7) is 5.01. The van der Waals surface area contributed by atoms with Crippen LogP contribution in [-0.4, -0.2) is 88.4 Å². The lowest BCUT2D eigenvalue weighted by Crippen LogP contribution is -2.41. The third kappa shape index (κ3) is 8.94. The Bertz CT molecular complexity index is 2310. The molecule has 2 atom stereocenters. The molecule has 300 valence electrons. The Hall–Kier alpha value is -6.34. The maximum atomic E-state index is 13.7. The zero-order valence-corrected chi connectivity index (χ0v) is 33.2. The van der Waals surface area contributed by atoms with Crippen LogP contribution in [0.5, 0.6) is 5.75 Å². The molecule has 0 bridgehead atoms. The zero-order chi connectivity index (χ0) is 41.3. The third-order valence-electron chi connectivity index (χ3n) is 9.84. The fraction of sp³-hybridized carbons (Fsp3) is 0.273. The number of likely N-dealkylation sites (tertiary alicyclic amines) is 1. The minimum atomic E-state index is -0.891. The van der Waals surface area contributed by atoms with Gasteiger partial charge in [-0.3, -0.25) is 24.3 Å². The molecule has 1 fully saturated rings. The highest BCUT2D eigenvalue weighted by molar-refractivity contribution is 6.32. The van der Waals surface area contributed by atoms with Gasteiger partial charge in [-0.2, -0.15) is 5.10 Å². The van der Waals surface area contributed by atoms with Gasteiger partial charge in [0.2, 0.25) is 0 Å². The topological polar surface area (TPSA) is 149 Å². The van der Waals surface area contributed by atoms with Crippen molar-refractivity contribution in [1.29, 1.82) is 0 Å². The first-order valence-electron chi connectivity index (χ1n) is 19.1. The van der Waals surface area contributed by atoms with E-state index in [0.717, 1.165) is 35.6 Å². The van der Waals surface area contributed by atoms with Crippen molar-refractivity contribution in [2.75, 3.05) is 32.5 Å². The molecule has 3 amide bonds. The lowest BCUT2D eigenvalue weighted by atomic mass is 9.98. The number of fused-ring (bicyclic) bond motifs is 1. The summed E-state index contributed by atoms with van der Waals surface area (Å²) in [4.78, 5) is 59.2. The van der Waals surface area contributed by atoms with Gasteiger partial charge in [0.25, 0.3) is 17.7 Å². The summed E-state index contributed by atoms with van der Waals surface area (Å²) in [5.41, 5.74) is 10.9. The Morgan fingerprint density at radius 3 is 2.40 bits per heavy atom. The van der Waals surface area contributed by atoms with Crippen LogP contribution in [0.3, 0.4) is 0 Å². The molecule has 0 aliphatic carbocycles. The standard InChI is InChI=1S/C42H38ClFN6O6.C2H6/c1-55-42(54)38-21-30(25-49(38)39(51)27-22-47-50(24-27)37-16-15-28(44)20-35(37)43)56-29-10-7-9-26(19-29)31-13-8-14-36(45)34(31)23-46-17-5-2-6-18-48-40(52)32-11-3-4-12-33(32)41(48)53;1-2/h3-4,7-16,19-20,22-24,30,38H,2,5-6,17-18,21,25,45H2,1H3;1-2H3. The van der Waals surface area contributed by atoms with E-state index >= 15 is 0 Å². The average Bonchev–Trinajstić information content (AvgIpc) is 3.95. The molecule has 2 aliphatic heterocycles. The molecule has 0 radical (unpaired) electrons. The number of ether oxygens (including phenoxy) is 2. The summed E-state index contributed by atoms with van der Waals surface area (Å²) in [7, 11) is 1.27. The number of nitrogen functional groups attached to an aromatic ring is 1. The number of carbonyl (C=O) groups is 4. The number of halogens is 2. The highest BCUT2D eigenvalue weighted by atomic mass is 35.5. The summed E-state index contributed by atoms with van der Waals surface area (Å²) in [5, 5.41) is 4.36. The van der Waals surface area contributed by atoms with Crippen molar-refractivity contribution < 1.29 is 33.0 Å². The number of unbranched alkanes of at least 4 members (excludes halogenated alkanes) is 2. The Labute approximate surface area is 341 Å². The molecule has 1 aromatic heterocycles. The molecular weight excluding hydrogens is 763 g/mol. The number of methoxy groups -OCH3 is 1. The van der Waals surface area contributed by atoms with Crippen LogP contribution >= 0.6 is 11.6 Å². The first kappa shape index (κ1) is 41.3. The lowest BCUT2D eigenvalue weighted by Gasteiger charge is -2.21. The van der Waals surface area contributed by atoms with Crippen LogP contribution in [0.2, 0.25) is 5.02 Å². The summed E-state index contributed by atoms with van der Waals surface area (Å²) in [5.74, 6) is -1.47. The van der Waals surface area contributed by atoms with E-state index in [9.17, 15) is 23.6 Å². The highest BCUT2D eigenvalue weighted by Gasteiger charge is 2.42. The number of hydrogen-bond acceptors (Lipinski definition) is 9. The van der Waals surface area contributed by atoms with Crippen molar-refractivity contribution in [3.05, 3.63) is 130 Å². The van der Waals surface area contributed by atoms with Crippen molar-refractivity contribution in [1.82, 2.24) is 19.6 Å². The number of carbonyl (C=O) groups excluding carboxylic acids is 4. The Morgan fingerprint density at radius 1 is 0.948 bits per heavy atom. The van der Waals surface area contributed by atoms with Crippen molar-refractivity contribution in [2.45, 2.75) is 51.7 Å². The maximum absolute atomic E-state index is 13.7. The molecule has 7 rings (SSSR count). The number of nitrogens with zero attached hydrogens (tertiary/aromatic N) is 5. The van der Waals surface area contributed by atoms with E-state index in [1.807, 2.05) is 50.2 Å². The number of aliphatic imine (C=N–C) groups is 1. The molecule has 5 aromatic rings. The van der Waals surface area contributed by atoms with E-state index in [1.54, 1.807) is 36.5 Å². The molecule has 2 aliphatic rings. The number of imide groups is 1. The minimum absolute atomic E-state index is 0.111. The van der Waals surface area contributed by atoms with Crippen LogP contribution in [0, 0.1) is 5.82 Å². The first-order valence-corrected chi connectivity index (χ1v) is 19.5. The predicted octanol–water partition coefficient (Wildman–Crippen LogP) is 7.66. The molecule has 0 spiro atoms. The number of nitrogens with two attached hydrogens (primary N) is 1. The van der Waals surface area contributed by atoms with Gasteiger partial charge in [0.05, 0.1) is 47.3 Å². The average molecular weight is 807 g/mol. The molecule has 1 saturated heterocycles. The quantitative estimate of drug-likeness (QED) is 0.0419. The molecule has 2 N–H and O–H groups in total. The van der Waals surface area contributed by atoms with Gasteiger partial charge in [0.1, 0.15) is 23.7 Å². The van der Waals surface area contributed by atoms with Gasteiger partial charge in [-0.15, -0.1) is 0 Å². The normalized spacial score (nSPS) is 16.0. The van der Waals surface area contributed by atoms with Gasteiger partial charge in [-0.25, -0.2) is 13.9 Å². The zero-order valence-electron chi connectivity index (χ0n) is 32.4. The summed E-state index contributed by atoms with van der Waals surface area (Å²) in [6, 6.07) is 22.9. The number of esters is 1. The predicted molar refractivity (Wildman–Crippen MR) is 220 cm³/mol. The van der Waals surface area contributed by atoms with E-state index in [1.165, 1.54) is 46.1 Å². The van der Waals surface area contributed by atoms with Gasteiger partial charge in [-0.1, -0.05) is 61.8 Å². The molecule has 14 heteroatoms. The largest absolute Gasteiger partial charge is 0.488 e. The molecular formula is C44H44ClFN6O6. The van der Waals surface area contributed by atoms with Crippen LogP contribution < -0.4 is 10.5 Å². The van der Waals surface area contributed by atoms with Crippen molar-refractivity contribution >= 4 is 47.2 Å².